The van der Waals surface area contributed by atoms with Gasteiger partial charge in [-0.2, -0.15) is 0 Å². The van der Waals surface area contributed by atoms with Crippen LogP contribution < -0.4 is 5.32 Å². The average molecular weight is 405 g/mol. The number of nitrogens with one attached hydrogen (secondary N) is 1. The third-order valence-electron chi connectivity index (χ3n) is 4.16. The molecule has 1 aliphatic heterocycles. The lowest BCUT2D eigenvalue weighted by Gasteiger charge is -2.18. The quantitative estimate of drug-likeness (QED) is 0.664. The van der Waals surface area contributed by atoms with Crippen molar-refractivity contribution < 1.29 is 14.0 Å². The molecular formula is C17H13BrN2O3S. The number of rotatable bonds is 3. The number of carbonyl (C=O) groups is 2. The van der Waals surface area contributed by atoms with Crippen molar-refractivity contribution in [2.75, 3.05) is 0 Å². The number of halogens is 1. The number of furan rings is 1. The summed E-state index contributed by atoms with van der Waals surface area (Å²) < 4.78 is 6.77. The lowest BCUT2D eigenvalue weighted by Crippen LogP contribution is -2.40. The minimum atomic E-state index is -1.19. The fourth-order valence-corrected chi connectivity index (χ4v) is 4.05. The van der Waals surface area contributed by atoms with E-state index >= 15 is 0 Å². The first-order valence-corrected chi connectivity index (χ1v) is 9.01. The number of fused-ring (bicyclic) bond motifs is 1. The van der Waals surface area contributed by atoms with E-state index in [0.29, 0.717) is 11.3 Å². The third-order valence-corrected chi connectivity index (χ3v) is 5.71. The highest BCUT2D eigenvalue weighted by atomic mass is 79.9. The molecule has 3 heterocycles. The Balaban J connectivity index is 1.68. The summed E-state index contributed by atoms with van der Waals surface area (Å²) in [6, 6.07) is 10.8. The van der Waals surface area contributed by atoms with E-state index in [1.807, 2.05) is 35.7 Å². The molecule has 122 valence electrons. The first kappa shape index (κ1) is 15.4. The number of hydrogen-bond donors (Lipinski definition) is 1. The fraction of sp³-hybridized carbons (Fsp3) is 0.176. The summed E-state index contributed by atoms with van der Waals surface area (Å²) in [6.45, 7) is 1.91. The Hall–Kier alpha value is -2.12. The number of nitrogens with zero attached hydrogens (tertiary/aromatic N) is 1. The van der Waals surface area contributed by atoms with Crippen LogP contribution in [0.2, 0.25) is 0 Å². The highest BCUT2D eigenvalue weighted by Crippen LogP contribution is 2.34. The van der Waals surface area contributed by atoms with E-state index in [-0.39, 0.29) is 12.5 Å². The summed E-state index contributed by atoms with van der Waals surface area (Å²) in [5.74, 6) is 0.130. The average Bonchev–Trinajstić information content (AvgIpc) is 3.22. The molecule has 7 heteroatoms. The number of carbonyl (C=O) groups excluding carboxylic acids is 2. The highest BCUT2D eigenvalue weighted by Gasteiger charge is 2.51. The van der Waals surface area contributed by atoms with Crippen molar-refractivity contribution in [2.24, 2.45) is 0 Å². The number of para-hydroxylation sites is 1. The topological polar surface area (TPSA) is 62.6 Å². The number of imide groups is 1. The second-order valence-corrected chi connectivity index (χ2v) is 8.14. The van der Waals surface area contributed by atoms with Crippen molar-refractivity contribution in [3.63, 3.8) is 0 Å². The zero-order chi connectivity index (χ0) is 16.9. The number of thiophene rings is 1. The zero-order valence-electron chi connectivity index (χ0n) is 12.7. The molecule has 3 amide bonds. The molecule has 1 aromatic carbocycles. The van der Waals surface area contributed by atoms with Gasteiger partial charge in [0.15, 0.2) is 5.54 Å². The summed E-state index contributed by atoms with van der Waals surface area (Å²) in [6.07, 6.45) is 0. The van der Waals surface area contributed by atoms with Gasteiger partial charge in [0.05, 0.1) is 10.3 Å². The largest absolute Gasteiger partial charge is 0.458 e. The normalized spacial score (nSPS) is 20.8. The van der Waals surface area contributed by atoms with Crippen molar-refractivity contribution in [3.05, 3.63) is 56.9 Å². The van der Waals surface area contributed by atoms with Crippen molar-refractivity contribution in [3.8, 4) is 0 Å². The van der Waals surface area contributed by atoms with Crippen LogP contribution in [0.4, 0.5) is 4.79 Å². The monoisotopic (exact) mass is 404 g/mol. The van der Waals surface area contributed by atoms with Gasteiger partial charge in [0.25, 0.3) is 5.91 Å². The van der Waals surface area contributed by atoms with Gasteiger partial charge >= 0.3 is 6.03 Å². The van der Waals surface area contributed by atoms with Gasteiger partial charge in [0.2, 0.25) is 0 Å². The predicted octanol–water partition coefficient (Wildman–Crippen LogP) is 4.22. The van der Waals surface area contributed by atoms with Gasteiger partial charge < -0.3 is 9.73 Å². The maximum atomic E-state index is 12.9. The van der Waals surface area contributed by atoms with Gasteiger partial charge in [-0.25, -0.2) is 4.79 Å². The molecule has 1 atom stereocenters. The van der Waals surface area contributed by atoms with Crippen LogP contribution >= 0.6 is 27.3 Å². The molecule has 1 aliphatic rings. The Labute approximate surface area is 150 Å². The van der Waals surface area contributed by atoms with E-state index in [1.54, 1.807) is 13.0 Å². The summed E-state index contributed by atoms with van der Waals surface area (Å²) >= 11 is 4.91. The standard InChI is InChI=1S/C17H13BrN2O3S/c1-17(13-7-11-4-2-3-5-12(11)23-13)15(21)20(16(22)19-17)8-10-6-14(18)24-9-10/h2-7,9H,8H2,1H3,(H,19,22). The minimum absolute atomic E-state index is 0.239. The molecule has 2 aromatic heterocycles. The smallest absolute Gasteiger partial charge is 0.325 e. The Bertz CT molecular complexity index is 931. The van der Waals surface area contributed by atoms with E-state index < -0.39 is 11.6 Å². The molecule has 0 bridgehead atoms. The van der Waals surface area contributed by atoms with Gasteiger partial charge in [-0.15, -0.1) is 11.3 Å². The van der Waals surface area contributed by atoms with Crippen LogP contribution in [0.25, 0.3) is 11.0 Å². The first-order valence-electron chi connectivity index (χ1n) is 7.33. The maximum Gasteiger partial charge on any atom is 0.325 e. The molecule has 0 saturated carbocycles. The fourth-order valence-electron chi connectivity index (χ4n) is 2.85. The molecule has 0 radical (unpaired) electrons. The molecule has 1 fully saturated rings. The van der Waals surface area contributed by atoms with Gasteiger partial charge in [0.1, 0.15) is 11.3 Å². The minimum Gasteiger partial charge on any atom is -0.458 e. The summed E-state index contributed by atoms with van der Waals surface area (Å²) in [5.41, 5.74) is 0.406. The molecular weight excluding hydrogens is 392 g/mol. The Morgan fingerprint density at radius 1 is 1.29 bits per heavy atom. The van der Waals surface area contributed by atoms with Crippen molar-refractivity contribution in [2.45, 2.75) is 19.0 Å². The Kier molecular flexibility index (Phi) is 3.51. The predicted molar refractivity (Wildman–Crippen MR) is 94.7 cm³/mol. The molecule has 3 aromatic rings. The van der Waals surface area contributed by atoms with E-state index in [9.17, 15) is 9.59 Å². The van der Waals surface area contributed by atoms with Crippen LogP contribution in [-0.2, 0) is 16.9 Å². The van der Waals surface area contributed by atoms with E-state index in [1.165, 1.54) is 16.2 Å². The molecule has 1 saturated heterocycles. The Morgan fingerprint density at radius 3 is 2.79 bits per heavy atom. The molecule has 1 unspecified atom stereocenters. The van der Waals surface area contributed by atoms with E-state index in [2.05, 4.69) is 21.2 Å². The van der Waals surface area contributed by atoms with Crippen LogP contribution in [0.15, 0.2) is 50.0 Å². The van der Waals surface area contributed by atoms with Crippen LogP contribution in [0.5, 0.6) is 0 Å². The van der Waals surface area contributed by atoms with Crippen molar-refractivity contribution >= 4 is 50.2 Å². The first-order chi connectivity index (χ1) is 11.5. The Morgan fingerprint density at radius 2 is 2.08 bits per heavy atom. The van der Waals surface area contributed by atoms with Crippen molar-refractivity contribution in [1.29, 1.82) is 0 Å². The number of urea groups is 1. The maximum absolute atomic E-state index is 12.9. The van der Waals surface area contributed by atoms with Crippen LogP contribution in [0.1, 0.15) is 18.2 Å². The van der Waals surface area contributed by atoms with Crippen molar-refractivity contribution in [1.82, 2.24) is 10.2 Å². The molecule has 4 rings (SSSR count). The molecule has 5 nitrogen and oxygen atoms in total. The SMILES string of the molecule is CC1(c2cc3ccccc3o2)NC(=O)N(Cc2csc(Br)c2)C1=O. The summed E-state index contributed by atoms with van der Waals surface area (Å²) in [5, 5.41) is 5.59. The van der Waals surface area contributed by atoms with Crippen LogP contribution in [0, 0.1) is 0 Å². The highest BCUT2D eigenvalue weighted by molar-refractivity contribution is 9.11. The second-order valence-electron chi connectivity index (χ2n) is 5.85. The van der Waals surface area contributed by atoms with Gasteiger partial charge in [0, 0.05) is 5.39 Å². The lowest BCUT2D eigenvalue weighted by atomic mass is 9.99. The molecule has 0 aliphatic carbocycles. The zero-order valence-corrected chi connectivity index (χ0v) is 15.1. The molecule has 24 heavy (non-hydrogen) atoms. The number of benzene rings is 1. The van der Waals surface area contributed by atoms with Crippen LogP contribution in [-0.4, -0.2) is 16.8 Å². The van der Waals surface area contributed by atoms with E-state index in [4.69, 9.17) is 4.42 Å². The third kappa shape index (κ3) is 2.35. The van der Waals surface area contributed by atoms with Gasteiger partial charge in [-0.3, -0.25) is 9.69 Å². The summed E-state index contributed by atoms with van der Waals surface area (Å²) in [4.78, 5) is 26.5. The number of hydrogen-bond acceptors (Lipinski definition) is 4. The molecule has 1 N–H and O–H groups in total. The lowest BCUT2D eigenvalue weighted by molar-refractivity contribution is -0.132. The van der Waals surface area contributed by atoms with Gasteiger partial charge in [-0.1, -0.05) is 18.2 Å². The van der Waals surface area contributed by atoms with E-state index in [0.717, 1.165) is 14.7 Å². The summed E-state index contributed by atoms with van der Waals surface area (Å²) in [7, 11) is 0. The van der Waals surface area contributed by atoms with Crippen LogP contribution in [0.3, 0.4) is 0 Å². The second kappa shape index (κ2) is 5.46. The van der Waals surface area contributed by atoms with Gasteiger partial charge in [-0.05, 0) is 52.0 Å². The number of amides is 3. The molecule has 0 spiro atoms.